The summed E-state index contributed by atoms with van der Waals surface area (Å²) in [4.78, 5) is 18.2. The first kappa shape index (κ1) is 16.9. The first-order valence-corrected chi connectivity index (χ1v) is 8.47. The molecule has 6 heteroatoms. The minimum Gasteiger partial charge on any atom is -0.461 e. The minimum atomic E-state index is -0.354. The number of esters is 1. The monoisotopic (exact) mass is 338 g/mol. The van der Waals surface area contributed by atoms with Crippen molar-refractivity contribution in [2.45, 2.75) is 26.9 Å². The summed E-state index contributed by atoms with van der Waals surface area (Å²) in [6.45, 7) is 6.54. The average Bonchev–Trinajstić information content (AvgIpc) is 2.97. The van der Waals surface area contributed by atoms with Gasteiger partial charge in [-0.25, -0.2) is 9.78 Å². The lowest BCUT2D eigenvalue weighted by atomic mass is 10.2. The van der Waals surface area contributed by atoms with Gasteiger partial charge in [-0.1, -0.05) is 36.7 Å². The van der Waals surface area contributed by atoms with Crippen LogP contribution in [0.1, 0.15) is 34.9 Å². The molecule has 0 bridgehead atoms. The minimum absolute atomic E-state index is 0.354. The summed E-state index contributed by atoms with van der Waals surface area (Å²) in [5.41, 5.74) is 1.97. The summed E-state index contributed by atoms with van der Waals surface area (Å²) >= 11 is 7.53. The molecule has 0 aliphatic carbocycles. The molecule has 0 fully saturated rings. The second-order valence-corrected chi connectivity index (χ2v) is 6.02. The SMILES string of the molecule is CCOC(=O)c1nc(CN(CC)Cc2ccccc2Cl)cs1. The summed E-state index contributed by atoms with van der Waals surface area (Å²) in [6, 6.07) is 7.83. The van der Waals surface area contributed by atoms with Crippen LogP contribution in [-0.4, -0.2) is 29.0 Å². The van der Waals surface area contributed by atoms with Crippen LogP contribution in [0.15, 0.2) is 29.6 Å². The highest BCUT2D eigenvalue weighted by atomic mass is 35.5. The van der Waals surface area contributed by atoms with Gasteiger partial charge in [0, 0.05) is 23.5 Å². The average molecular weight is 339 g/mol. The number of hydrogen-bond donors (Lipinski definition) is 0. The topological polar surface area (TPSA) is 42.4 Å². The Morgan fingerprint density at radius 2 is 2.09 bits per heavy atom. The van der Waals surface area contributed by atoms with E-state index in [1.807, 2.05) is 29.6 Å². The first-order valence-electron chi connectivity index (χ1n) is 7.21. The van der Waals surface area contributed by atoms with Gasteiger partial charge in [-0.2, -0.15) is 0 Å². The fourth-order valence-electron chi connectivity index (χ4n) is 2.04. The number of carbonyl (C=O) groups is 1. The van der Waals surface area contributed by atoms with Crippen LogP contribution in [0, 0.1) is 0 Å². The molecule has 0 N–H and O–H groups in total. The zero-order valence-corrected chi connectivity index (χ0v) is 14.3. The Kier molecular flexibility index (Phi) is 6.36. The van der Waals surface area contributed by atoms with E-state index in [1.54, 1.807) is 6.92 Å². The predicted octanol–water partition coefficient (Wildman–Crippen LogP) is 4.00. The van der Waals surface area contributed by atoms with Gasteiger partial charge in [-0.05, 0) is 25.1 Å². The van der Waals surface area contributed by atoms with Crippen molar-refractivity contribution in [2.24, 2.45) is 0 Å². The largest absolute Gasteiger partial charge is 0.461 e. The van der Waals surface area contributed by atoms with E-state index in [0.29, 0.717) is 18.2 Å². The molecule has 2 rings (SSSR count). The van der Waals surface area contributed by atoms with Gasteiger partial charge in [0.05, 0.1) is 12.3 Å². The second-order valence-electron chi connectivity index (χ2n) is 4.76. The summed E-state index contributed by atoms with van der Waals surface area (Å²) < 4.78 is 4.96. The number of benzene rings is 1. The molecule has 0 aliphatic rings. The Balaban J connectivity index is 2.01. The molecule has 0 spiro atoms. The van der Waals surface area contributed by atoms with E-state index in [9.17, 15) is 4.79 Å². The number of halogens is 1. The highest BCUT2D eigenvalue weighted by Gasteiger charge is 2.14. The van der Waals surface area contributed by atoms with Crippen LogP contribution >= 0.6 is 22.9 Å². The van der Waals surface area contributed by atoms with Crippen molar-refractivity contribution in [1.29, 1.82) is 0 Å². The highest BCUT2D eigenvalue weighted by molar-refractivity contribution is 7.11. The highest BCUT2D eigenvalue weighted by Crippen LogP contribution is 2.19. The second kappa shape index (κ2) is 8.27. The van der Waals surface area contributed by atoms with Gasteiger partial charge in [0.1, 0.15) is 0 Å². The third-order valence-corrected chi connectivity index (χ3v) is 4.43. The predicted molar refractivity (Wildman–Crippen MR) is 89.3 cm³/mol. The number of thiazole rings is 1. The van der Waals surface area contributed by atoms with Gasteiger partial charge < -0.3 is 4.74 Å². The molecule has 0 unspecified atom stereocenters. The van der Waals surface area contributed by atoms with Crippen molar-refractivity contribution >= 4 is 28.9 Å². The van der Waals surface area contributed by atoms with Gasteiger partial charge in [0.2, 0.25) is 5.01 Å². The summed E-state index contributed by atoms with van der Waals surface area (Å²) in [5, 5.41) is 3.08. The van der Waals surface area contributed by atoms with Crippen LogP contribution in [0.5, 0.6) is 0 Å². The smallest absolute Gasteiger partial charge is 0.367 e. The molecule has 1 aromatic heterocycles. The fourth-order valence-corrected chi connectivity index (χ4v) is 2.94. The number of rotatable bonds is 7. The van der Waals surface area contributed by atoms with Gasteiger partial charge in [-0.3, -0.25) is 4.90 Å². The van der Waals surface area contributed by atoms with Crippen molar-refractivity contribution < 1.29 is 9.53 Å². The van der Waals surface area contributed by atoms with Crippen molar-refractivity contribution in [3.05, 3.63) is 50.9 Å². The fraction of sp³-hybridized carbons (Fsp3) is 0.375. The van der Waals surface area contributed by atoms with E-state index >= 15 is 0 Å². The van der Waals surface area contributed by atoms with Crippen LogP contribution in [0.3, 0.4) is 0 Å². The first-order chi connectivity index (χ1) is 10.6. The zero-order valence-electron chi connectivity index (χ0n) is 12.7. The van der Waals surface area contributed by atoms with E-state index in [0.717, 1.165) is 29.4 Å². The Hall–Kier alpha value is -1.43. The maximum absolute atomic E-state index is 11.6. The lowest BCUT2D eigenvalue weighted by molar-refractivity contribution is 0.0525. The van der Waals surface area contributed by atoms with Gasteiger partial charge in [-0.15, -0.1) is 11.3 Å². The van der Waals surface area contributed by atoms with Gasteiger partial charge in [0.15, 0.2) is 0 Å². The molecule has 22 heavy (non-hydrogen) atoms. The molecule has 1 heterocycles. The summed E-state index contributed by atoms with van der Waals surface area (Å²) in [5.74, 6) is -0.354. The molecule has 0 atom stereocenters. The standard InChI is InChI=1S/C16H19ClN2O2S/c1-3-19(9-12-7-5-6-8-14(12)17)10-13-11-22-15(18-13)16(20)21-4-2/h5-8,11H,3-4,9-10H2,1-2H3. The molecule has 0 amide bonds. The molecule has 0 saturated carbocycles. The van der Waals surface area contributed by atoms with Crippen LogP contribution in [0.4, 0.5) is 0 Å². The lowest BCUT2D eigenvalue weighted by Crippen LogP contribution is -2.22. The summed E-state index contributed by atoms with van der Waals surface area (Å²) in [6.07, 6.45) is 0. The lowest BCUT2D eigenvalue weighted by Gasteiger charge is -2.19. The van der Waals surface area contributed by atoms with Crippen LogP contribution in [0.2, 0.25) is 5.02 Å². The van der Waals surface area contributed by atoms with Crippen LogP contribution in [-0.2, 0) is 17.8 Å². The van der Waals surface area contributed by atoms with E-state index in [2.05, 4.69) is 16.8 Å². The van der Waals surface area contributed by atoms with Crippen LogP contribution in [0.25, 0.3) is 0 Å². The molecule has 1 aromatic carbocycles. The molecule has 118 valence electrons. The normalized spacial score (nSPS) is 10.9. The van der Waals surface area contributed by atoms with E-state index in [4.69, 9.17) is 16.3 Å². The third-order valence-electron chi connectivity index (χ3n) is 3.19. The maximum atomic E-state index is 11.6. The van der Waals surface area contributed by atoms with Crippen LogP contribution < -0.4 is 0 Å². The van der Waals surface area contributed by atoms with Gasteiger partial charge in [0.25, 0.3) is 0 Å². The van der Waals surface area contributed by atoms with Crippen molar-refractivity contribution in [3.63, 3.8) is 0 Å². The Labute approximate surface area is 139 Å². The Morgan fingerprint density at radius 3 is 2.77 bits per heavy atom. The number of aromatic nitrogens is 1. The molecule has 0 saturated heterocycles. The zero-order chi connectivity index (χ0) is 15.9. The maximum Gasteiger partial charge on any atom is 0.367 e. The molecular weight excluding hydrogens is 320 g/mol. The van der Waals surface area contributed by atoms with E-state index < -0.39 is 0 Å². The number of carbonyl (C=O) groups excluding carboxylic acids is 1. The molecule has 2 aromatic rings. The number of hydrogen-bond acceptors (Lipinski definition) is 5. The summed E-state index contributed by atoms with van der Waals surface area (Å²) in [7, 11) is 0. The van der Waals surface area contributed by atoms with Crippen molar-refractivity contribution in [3.8, 4) is 0 Å². The van der Waals surface area contributed by atoms with Crippen molar-refractivity contribution in [1.82, 2.24) is 9.88 Å². The molecule has 0 aliphatic heterocycles. The molecule has 0 radical (unpaired) electrons. The van der Waals surface area contributed by atoms with Gasteiger partial charge >= 0.3 is 5.97 Å². The number of nitrogens with zero attached hydrogens (tertiary/aromatic N) is 2. The quantitative estimate of drug-likeness (QED) is 0.716. The Morgan fingerprint density at radius 1 is 1.32 bits per heavy atom. The Bertz CT molecular complexity index is 630. The van der Waals surface area contributed by atoms with E-state index in [-0.39, 0.29) is 5.97 Å². The number of ether oxygens (including phenoxy) is 1. The molecule has 4 nitrogen and oxygen atoms in total. The molecular formula is C16H19ClN2O2S. The third kappa shape index (κ3) is 4.53. The van der Waals surface area contributed by atoms with Crippen molar-refractivity contribution in [2.75, 3.05) is 13.2 Å². The van der Waals surface area contributed by atoms with E-state index in [1.165, 1.54) is 11.3 Å².